The summed E-state index contributed by atoms with van der Waals surface area (Å²) in [4.78, 5) is 8.65. The van der Waals surface area contributed by atoms with Crippen molar-refractivity contribution in [3.8, 4) is 5.75 Å². The predicted octanol–water partition coefficient (Wildman–Crippen LogP) is 3.61. The number of fused-ring (bicyclic) bond motifs is 1. The first kappa shape index (κ1) is 17.6. The number of rotatable bonds is 5. The zero-order chi connectivity index (χ0) is 18.6. The van der Waals surface area contributed by atoms with Gasteiger partial charge in [-0.05, 0) is 43.2 Å². The lowest BCUT2D eigenvalue weighted by Gasteiger charge is -2.37. The number of aliphatic hydroxyl groups is 1. The summed E-state index contributed by atoms with van der Waals surface area (Å²) in [5.74, 6) is 0.420. The Morgan fingerprint density at radius 1 is 1.07 bits per heavy atom. The Morgan fingerprint density at radius 2 is 1.96 bits per heavy atom. The van der Waals surface area contributed by atoms with Crippen molar-refractivity contribution in [2.75, 3.05) is 0 Å². The number of pyridine rings is 2. The lowest BCUT2D eigenvalue weighted by Crippen LogP contribution is -2.39. The van der Waals surface area contributed by atoms with Gasteiger partial charge in [-0.3, -0.25) is 9.97 Å². The van der Waals surface area contributed by atoms with Crippen LogP contribution < -0.4 is 4.74 Å². The largest absolute Gasteiger partial charge is 0.464 e. The maximum atomic E-state index is 11.0. The topological polar surface area (TPSA) is 64.5 Å². The second-order valence-corrected chi connectivity index (χ2v) is 6.78. The van der Waals surface area contributed by atoms with Gasteiger partial charge in [0.2, 0.25) is 6.29 Å². The lowest BCUT2D eigenvalue weighted by molar-refractivity contribution is -0.163. The van der Waals surface area contributed by atoms with Gasteiger partial charge in [0.15, 0.2) is 0 Å². The van der Waals surface area contributed by atoms with Crippen molar-refractivity contribution in [2.45, 2.75) is 32.3 Å². The number of hydrogen-bond acceptors (Lipinski definition) is 5. The number of aromatic nitrogens is 2. The molecular weight excluding hydrogens is 340 g/mol. The number of benzene rings is 1. The lowest BCUT2D eigenvalue weighted by atomic mass is 9.87. The molecule has 1 N–H and O–H groups in total. The van der Waals surface area contributed by atoms with Crippen LogP contribution >= 0.6 is 0 Å². The minimum absolute atomic E-state index is 0.242. The van der Waals surface area contributed by atoms with Gasteiger partial charge in [0, 0.05) is 23.7 Å². The Balaban J connectivity index is 1.58. The maximum absolute atomic E-state index is 11.0. The first-order valence-electron chi connectivity index (χ1n) is 9.07. The zero-order valence-corrected chi connectivity index (χ0v) is 15.2. The molecule has 5 nitrogen and oxygen atoms in total. The van der Waals surface area contributed by atoms with E-state index >= 15 is 0 Å². The summed E-state index contributed by atoms with van der Waals surface area (Å²) in [6.07, 6.45) is 2.91. The third-order valence-corrected chi connectivity index (χ3v) is 4.77. The highest BCUT2D eigenvalue weighted by molar-refractivity contribution is 5.37. The van der Waals surface area contributed by atoms with E-state index in [0.29, 0.717) is 18.8 Å². The van der Waals surface area contributed by atoms with Crippen LogP contribution in [-0.2, 0) is 17.8 Å². The SMILES string of the molecule is Cc1cccc(CO[C@@H]2Oc3ccccc3C(O)[C@@H]2Cc2cccnc2)n1. The molecule has 138 valence electrons. The Hall–Kier alpha value is -2.76. The highest BCUT2D eigenvalue weighted by atomic mass is 16.7. The minimum atomic E-state index is -0.675. The molecule has 0 radical (unpaired) electrons. The van der Waals surface area contributed by atoms with E-state index in [-0.39, 0.29) is 5.92 Å². The maximum Gasteiger partial charge on any atom is 0.206 e. The molecule has 0 saturated carbocycles. The van der Waals surface area contributed by atoms with Gasteiger partial charge in [-0.25, -0.2) is 0 Å². The van der Waals surface area contributed by atoms with Crippen molar-refractivity contribution in [1.82, 2.24) is 9.97 Å². The smallest absolute Gasteiger partial charge is 0.206 e. The van der Waals surface area contributed by atoms with E-state index in [1.54, 1.807) is 6.20 Å². The van der Waals surface area contributed by atoms with Gasteiger partial charge in [0.25, 0.3) is 0 Å². The molecule has 0 saturated heterocycles. The van der Waals surface area contributed by atoms with E-state index < -0.39 is 12.4 Å². The molecule has 1 aromatic carbocycles. The van der Waals surface area contributed by atoms with Crippen LogP contribution in [0.5, 0.6) is 5.75 Å². The summed E-state index contributed by atoms with van der Waals surface area (Å²) >= 11 is 0. The van der Waals surface area contributed by atoms with Crippen molar-refractivity contribution in [1.29, 1.82) is 0 Å². The zero-order valence-electron chi connectivity index (χ0n) is 15.2. The van der Waals surface area contributed by atoms with Gasteiger partial charge >= 0.3 is 0 Å². The molecule has 0 bridgehead atoms. The quantitative estimate of drug-likeness (QED) is 0.751. The number of aryl methyl sites for hydroxylation is 1. The fourth-order valence-corrected chi connectivity index (χ4v) is 3.43. The van der Waals surface area contributed by atoms with Crippen LogP contribution in [0.2, 0.25) is 0 Å². The molecule has 0 spiro atoms. The second kappa shape index (κ2) is 7.86. The van der Waals surface area contributed by atoms with Gasteiger partial charge < -0.3 is 14.6 Å². The van der Waals surface area contributed by atoms with E-state index in [1.165, 1.54) is 0 Å². The highest BCUT2D eigenvalue weighted by Crippen LogP contribution is 2.40. The molecule has 0 amide bonds. The standard InChI is InChI=1S/C22H22N2O3/c1-15-6-4-8-17(24-15)14-26-22-19(12-16-7-5-11-23-13-16)21(25)18-9-2-3-10-20(18)27-22/h2-11,13,19,21-22,25H,12,14H2,1H3/t19-,21?,22+/m0/s1. The molecule has 3 aromatic rings. The summed E-state index contributed by atoms with van der Waals surface area (Å²) in [5, 5.41) is 11.0. The normalized spacial score (nSPS) is 21.3. The number of hydrogen-bond donors (Lipinski definition) is 1. The van der Waals surface area contributed by atoms with Crippen LogP contribution in [0, 0.1) is 12.8 Å². The van der Waals surface area contributed by atoms with Gasteiger partial charge in [-0.1, -0.05) is 30.3 Å². The van der Waals surface area contributed by atoms with Crippen LogP contribution in [0.1, 0.15) is 28.6 Å². The van der Waals surface area contributed by atoms with E-state index in [9.17, 15) is 5.11 Å². The van der Waals surface area contributed by atoms with E-state index in [1.807, 2.05) is 67.7 Å². The van der Waals surface area contributed by atoms with Crippen molar-refractivity contribution in [3.63, 3.8) is 0 Å². The van der Waals surface area contributed by atoms with E-state index in [2.05, 4.69) is 9.97 Å². The molecule has 2 aromatic heterocycles. The summed E-state index contributed by atoms with van der Waals surface area (Å²) < 4.78 is 12.2. The minimum Gasteiger partial charge on any atom is -0.464 e. The monoisotopic (exact) mass is 362 g/mol. The van der Waals surface area contributed by atoms with Crippen LogP contribution in [0.3, 0.4) is 0 Å². The van der Waals surface area contributed by atoms with Crippen LogP contribution in [0.25, 0.3) is 0 Å². The van der Waals surface area contributed by atoms with Gasteiger partial charge in [0.05, 0.1) is 24.3 Å². The van der Waals surface area contributed by atoms with Crippen molar-refractivity contribution >= 4 is 0 Å². The van der Waals surface area contributed by atoms with Crippen LogP contribution in [-0.4, -0.2) is 21.4 Å². The molecular formula is C22H22N2O3. The van der Waals surface area contributed by atoms with Gasteiger partial charge in [-0.15, -0.1) is 0 Å². The summed E-state index contributed by atoms with van der Waals surface area (Å²) in [6, 6.07) is 17.3. The molecule has 3 atom stereocenters. The van der Waals surface area contributed by atoms with Crippen molar-refractivity contribution < 1.29 is 14.6 Å². The van der Waals surface area contributed by atoms with E-state index in [0.717, 1.165) is 22.5 Å². The second-order valence-electron chi connectivity index (χ2n) is 6.78. The van der Waals surface area contributed by atoms with Crippen LogP contribution in [0.15, 0.2) is 67.0 Å². The first-order valence-corrected chi connectivity index (χ1v) is 9.07. The fraction of sp³-hybridized carbons (Fsp3) is 0.273. The molecule has 1 unspecified atom stereocenters. The molecule has 0 fully saturated rings. The number of nitrogens with zero attached hydrogens (tertiary/aromatic N) is 2. The Bertz CT molecular complexity index is 901. The third kappa shape index (κ3) is 3.99. The predicted molar refractivity (Wildman–Crippen MR) is 101 cm³/mol. The van der Waals surface area contributed by atoms with Gasteiger partial charge in [-0.2, -0.15) is 0 Å². The molecule has 1 aliphatic rings. The van der Waals surface area contributed by atoms with Crippen molar-refractivity contribution in [3.05, 3.63) is 89.5 Å². The molecule has 1 aliphatic heterocycles. The Labute approximate surface area is 158 Å². The molecule has 5 heteroatoms. The summed E-state index contributed by atoms with van der Waals surface area (Å²) in [7, 11) is 0. The Morgan fingerprint density at radius 3 is 2.78 bits per heavy atom. The highest BCUT2D eigenvalue weighted by Gasteiger charge is 2.38. The molecule has 4 rings (SSSR count). The molecule has 0 aliphatic carbocycles. The molecule has 3 heterocycles. The fourth-order valence-electron chi connectivity index (χ4n) is 3.43. The van der Waals surface area contributed by atoms with Crippen LogP contribution in [0.4, 0.5) is 0 Å². The Kier molecular flexibility index (Phi) is 5.14. The van der Waals surface area contributed by atoms with Crippen molar-refractivity contribution in [2.24, 2.45) is 5.92 Å². The number of para-hydroxylation sites is 1. The summed E-state index contributed by atoms with van der Waals surface area (Å²) in [5.41, 5.74) is 3.61. The number of aliphatic hydroxyl groups excluding tert-OH is 1. The average Bonchev–Trinajstić information content (AvgIpc) is 2.70. The third-order valence-electron chi connectivity index (χ3n) is 4.77. The summed E-state index contributed by atoms with van der Waals surface area (Å²) in [6.45, 7) is 2.27. The van der Waals surface area contributed by atoms with E-state index in [4.69, 9.17) is 9.47 Å². The molecule has 27 heavy (non-hydrogen) atoms. The average molecular weight is 362 g/mol. The number of ether oxygens (including phenoxy) is 2. The van der Waals surface area contributed by atoms with Gasteiger partial charge in [0.1, 0.15) is 5.75 Å². The first-order chi connectivity index (χ1) is 13.2.